The van der Waals surface area contributed by atoms with Gasteiger partial charge in [-0.2, -0.15) is 5.10 Å². The van der Waals surface area contributed by atoms with Gasteiger partial charge in [-0.15, -0.1) is 0 Å². The largest absolute Gasteiger partial charge is 0.381 e. The van der Waals surface area contributed by atoms with Gasteiger partial charge in [0.15, 0.2) is 0 Å². The standard InChI is InChI=1S/C14H19N5O/c1-10(2)19-9-11(8-17-19)7-16-12-3-5-13(6-4-12)18-14(15)20/h3-6,8-10,16H,7H2,1-2H3,(H3,15,18,20). The van der Waals surface area contributed by atoms with Gasteiger partial charge >= 0.3 is 6.03 Å². The molecule has 1 heterocycles. The number of carbonyl (C=O) groups excluding carboxylic acids is 1. The molecule has 6 nitrogen and oxygen atoms in total. The summed E-state index contributed by atoms with van der Waals surface area (Å²) in [5.74, 6) is 0. The van der Waals surface area contributed by atoms with E-state index in [-0.39, 0.29) is 0 Å². The summed E-state index contributed by atoms with van der Waals surface area (Å²) in [6.07, 6.45) is 3.89. The maximum atomic E-state index is 10.7. The number of primary amides is 1. The minimum atomic E-state index is -0.563. The second kappa shape index (κ2) is 6.10. The van der Waals surface area contributed by atoms with Gasteiger partial charge < -0.3 is 16.4 Å². The molecular formula is C14H19N5O. The zero-order chi connectivity index (χ0) is 14.5. The topological polar surface area (TPSA) is 85.0 Å². The van der Waals surface area contributed by atoms with Gasteiger partial charge in [-0.3, -0.25) is 4.68 Å². The van der Waals surface area contributed by atoms with E-state index in [1.807, 2.05) is 29.2 Å². The number of aromatic nitrogens is 2. The molecule has 106 valence electrons. The van der Waals surface area contributed by atoms with Gasteiger partial charge in [-0.1, -0.05) is 0 Å². The van der Waals surface area contributed by atoms with Gasteiger partial charge in [0.2, 0.25) is 0 Å². The molecule has 0 aliphatic heterocycles. The van der Waals surface area contributed by atoms with Crippen molar-refractivity contribution in [2.45, 2.75) is 26.4 Å². The van der Waals surface area contributed by atoms with Crippen molar-refractivity contribution >= 4 is 17.4 Å². The molecule has 0 saturated heterocycles. The van der Waals surface area contributed by atoms with Crippen molar-refractivity contribution in [2.24, 2.45) is 5.73 Å². The Hall–Kier alpha value is -2.50. The van der Waals surface area contributed by atoms with Crippen molar-refractivity contribution in [1.82, 2.24) is 9.78 Å². The van der Waals surface area contributed by atoms with Crippen molar-refractivity contribution in [3.8, 4) is 0 Å². The number of rotatable bonds is 5. The predicted molar refractivity (Wildman–Crippen MR) is 79.6 cm³/mol. The molecule has 0 saturated carbocycles. The molecule has 1 aromatic heterocycles. The van der Waals surface area contributed by atoms with Crippen molar-refractivity contribution < 1.29 is 4.79 Å². The third-order valence-electron chi connectivity index (χ3n) is 2.83. The van der Waals surface area contributed by atoms with Gasteiger partial charge in [0, 0.05) is 35.7 Å². The average Bonchev–Trinajstić information content (AvgIpc) is 2.86. The molecule has 4 N–H and O–H groups in total. The van der Waals surface area contributed by atoms with Gasteiger partial charge in [0.25, 0.3) is 0 Å². The predicted octanol–water partition coefficient (Wildman–Crippen LogP) is 2.57. The lowest BCUT2D eigenvalue weighted by Gasteiger charge is -2.07. The summed E-state index contributed by atoms with van der Waals surface area (Å²) in [6, 6.07) is 7.17. The Bertz CT molecular complexity index is 574. The summed E-state index contributed by atoms with van der Waals surface area (Å²) in [5.41, 5.74) is 7.82. The summed E-state index contributed by atoms with van der Waals surface area (Å²) >= 11 is 0. The maximum absolute atomic E-state index is 10.7. The Morgan fingerprint density at radius 2 is 1.95 bits per heavy atom. The molecular weight excluding hydrogens is 254 g/mol. The van der Waals surface area contributed by atoms with E-state index in [9.17, 15) is 4.79 Å². The second-order valence-corrected chi connectivity index (χ2v) is 4.84. The highest BCUT2D eigenvalue weighted by atomic mass is 16.2. The Labute approximate surface area is 118 Å². The lowest BCUT2D eigenvalue weighted by atomic mass is 10.2. The Balaban J connectivity index is 1.91. The van der Waals surface area contributed by atoms with Gasteiger partial charge in [0.1, 0.15) is 0 Å². The van der Waals surface area contributed by atoms with Crippen LogP contribution >= 0.6 is 0 Å². The van der Waals surface area contributed by atoms with Crippen LogP contribution in [0.4, 0.5) is 16.2 Å². The number of nitrogens with zero attached hydrogens (tertiary/aromatic N) is 2. The molecule has 0 unspecified atom stereocenters. The third-order valence-corrected chi connectivity index (χ3v) is 2.83. The van der Waals surface area contributed by atoms with Crippen LogP contribution in [0.25, 0.3) is 0 Å². The van der Waals surface area contributed by atoms with Gasteiger partial charge in [-0.05, 0) is 38.1 Å². The smallest absolute Gasteiger partial charge is 0.316 e. The summed E-state index contributed by atoms with van der Waals surface area (Å²) < 4.78 is 1.93. The molecule has 0 bridgehead atoms. The normalized spacial score (nSPS) is 10.6. The highest BCUT2D eigenvalue weighted by Crippen LogP contribution is 2.14. The second-order valence-electron chi connectivity index (χ2n) is 4.84. The van der Waals surface area contributed by atoms with E-state index in [0.717, 1.165) is 11.3 Å². The van der Waals surface area contributed by atoms with E-state index in [4.69, 9.17) is 5.73 Å². The van der Waals surface area contributed by atoms with Crippen LogP contribution in [0.3, 0.4) is 0 Å². The highest BCUT2D eigenvalue weighted by Gasteiger charge is 2.02. The van der Waals surface area contributed by atoms with E-state index < -0.39 is 6.03 Å². The molecule has 6 heteroatoms. The fourth-order valence-electron chi connectivity index (χ4n) is 1.77. The van der Waals surface area contributed by atoms with E-state index in [1.54, 1.807) is 12.1 Å². The summed E-state index contributed by atoms with van der Waals surface area (Å²) in [6.45, 7) is 4.89. The molecule has 0 radical (unpaired) electrons. The lowest BCUT2D eigenvalue weighted by Crippen LogP contribution is -2.19. The number of amides is 2. The quantitative estimate of drug-likeness (QED) is 0.782. The molecule has 0 spiro atoms. The molecule has 2 rings (SSSR count). The number of hydrogen-bond acceptors (Lipinski definition) is 3. The fraction of sp³-hybridized carbons (Fsp3) is 0.286. The van der Waals surface area contributed by atoms with Crippen LogP contribution in [-0.2, 0) is 6.54 Å². The van der Waals surface area contributed by atoms with E-state index >= 15 is 0 Å². The van der Waals surface area contributed by atoms with Crippen molar-refractivity contribution in [3.63, 3.8) is 0 Å². The number of nitrogens with two attached hydrogens (primary N) is 1. The molecule has 0 atom stereocenters. The van der Waals surface area contributed by atoms with E-state index in [0.29, 0.717) is 18.3 Å². The van der Waals surface area contributed by atoms with E-state index in [2.05, 4.69) is 29.6 Å². The fourth-order valence-corrected chi connectivity index (χ4v) is 1.77. The minimum Gasteiger partial charge on any atom is -0.381 e. The lowest BCUT2D eigenvalue weighted by molar-refractivity contribution is 0.259. The van der Waals surface area contributed by atoms with Crippen LogP contribution in [0, 0.1) is 0 Å². The van der Waals surface area contributed by atoms with Gasteiger partial charge in [0.05, 0.1) is 6.20 Å². The maximum Gasteiger partial charge on any atom is 0.316 e. The van der Waals surface area contributed by atoms with E-state index in [1.165, 1.54) is 0 Å². The zero-order valence-corrected chi connectivity index (χ0v) is 11.6. The Kier molecular flexibility index (Phi) is 4.24. The Morgan fingerprint density at radius 1 is 1.30 bits per heavy atom. The van der Waals surface area contributed by atoms with Crippen LogP contribution in [0.5, 0.6) is 0 Å². The first kappa shape index (κ1) is 13.9. The summed E-state index contributed by atoms with van der Waals surface area (Å²) in [4.78, 5) is 10.7. The number of benzene rings is 1. The average molecular weight is 273 g/mol. The number of carbonyl (C=O) groups is 1. The van der Waals surface area contributed by atoms with Crippen LogP contribution in [0.1, 0.15) is 25.5 Å². The van der Waals surface area contributed by atoms with Crippen LogP contribution in [0.2, 0.25) is 0 Å². The SMILES string of the molecule is CC(C)n1cc(CNc2ccc(NC(N)=O)cc2)cn1. The molecule has 2 aromatic rings. The summed E-state index contributed by atoms with van der Waals surface area (Å²) in [5, 5.41) is 10.1. The number of nitrogens with one attached hydrogen (secondary N) is 2. The molecule has 2 amide bonds. The van der Waals surface area contributed by atoms with Crippen molar-refractivity contribution in [3.05, 3.63) is 42.2 Å². The molecule has 20 heavy (non-hydrogen) atoms. The first-order valence-corrected chi connectivity index (χ1v) is 6.48. The number of anilines is 2. The summed E-state index contributed by atoms with van der Waals surface area (Å²) in [7, 11) is 0. The zero-order valence-electron chi connectivity index (χ0n) is 11.6. The van der Waals surface area contributed by atoms with Crippen LogP contribution in [-0.4, -0.2) is 15.8 Å². The molecule has 0 aliphatic rings. The number of urea groups is 1. The first-order valence-electron chi connectivity index (χ1n) is 6.48. The minimum absolute atomic E-state index is 0.364. The molecule has 0 fully saturated rings. The molecule has 1 aromatic carbocycles. The van der Waals surface area contributed by atoms with Crippen molar-refractivity contribution in [1.29, 1.82) is 0 Å². The monoisotopic (exact) mass is 273 g/mol. The van der Waals surface area contributed by atoms with Crippen molar-refractivity contribution in [2.75, 3.05) is 10.6 Å². The van der Waals surface area contributed by atoms with Gasteiger partial charge in [-0.25, -0.2) is 4.79 Å². The Morgan fingerprint density at radius 3 is 2.50 bits per heavy atom. The third kappa shape index (κ3) is 3.74. The number of hydrogen-bond donors (Lipinski definition) is 3. The highest BCUT2D eigenvalue weighted by molar-refractivity contribution is 5.87. The van der Waals surface area contributed by atoms with Crippen LogP contribution < -0.4 is 16.4 Å². The first-order chi connectivity index (χ1) is 9.54. The molecule has 0 aliphatic carbocycles. The van der Waals surface area contributed by atoms with Crippen LogP contribution in [0.15, 0.2) is 36.7 Å².